The van der Waals surface area contributed by atoms with E-state index in [1.54, 1.807) is 33.7 Å². The summed E-state index contributed by atoms with van der Waals surface area (Å²) < 4.78 is 1.78. The minimum Gasteiger partial charge on any atom is -0.347 e. The fourth-order valence-electron chi connectivity index (χ4n) is 2.78. The fourth-order valence-corrected chi connectivity index (χ4v) is 2.95. The number of hydrogen-bond acceptors (Lipinski definition) is 3. The zero-order valence-electron chi connectivity index (χ0n) is 14.1. The average Bonchev–Trinajstić information content (AvgIpc) is 2.99. The second kappa shape index (κ2) is 7.11. The van der Waals surface area contributed by atoms with E-state index in [2.05, 4.69) is 9.97 Å². The largest absolute Gasteiger partial charge is 0.347 e. The van der Waals surface area contributed by atoms with Gasteiger partial charge in [-0.1, -0.05) is 18.5 Å². The smallest absolute Gasteiger partial charge is 0.270 e. The number of hydrogen-bond donors (Lipinski definition) is 1. The van der Waals surface area contributed by atoms with Gasteiger partial charge in [0.05, 0.1) is 17.4 Å². The molecular weight excluding hydrogens is 340 g/mol. The third-order valence-corrected chi connectivity index (χ3v) is 4.24. The molecule has 0 unspecified atom stereocenters. The molecule has 2 heterocycles. The minimum atomic E-state index is -0.237. The highest BCUT2D eigenvalue weighted by molar-refractivity contribution is 6.31. The zero-order chi connectivity index (χ0) is 18.0. The van der Waals surface area contributed by atoms with Crippen LogP contribution in [0.3, 0.4) is 0 Å². The number of carbonyl (C=O) groups excluding carboxylic acids is 1. The molecule has 1 N–H and O–H groups in total. The molecule has 2 aromatic heterocycles. The molecule has 130 valence electrons. The number of rotatable bonds is 5. The molecular formula is C18H19ClN4O2. The van der Waals surface area contributed by atoms with Crippen molar-refractivity contribution in [2.45, 2.75) is 19.9 Å². The van der Waals surface area contributed by atoms with Crippen LogP contribution >= 0.6 is 11.6 Å². The molecule has 7 heteroatoms. The third-order valence-electron chi connectivity index (χ3n) is 4.00. The maximum atomic E-state index is 12.8. The van der Waals surface area contributed by atoms with E-state index < -0.39 is 0 Å². The highest BCUT2D eigenvalue weighted by Crippen LogP contribution is 2.15. The van der Waals surface area contributed by atoms with Gasteiger partial charge in [0, 0.05) is 24.8 Å². The van der Waals surface area contributed by atoms with E-state index in [1.807, 2.05) is 26.2 Å². The Kier molecular flexibility index (Phi) is 4.90. The van der Waals surface area contributed by atoms with Crippen LogP contribution in [-0.4, -0.2) is 31.9 Å². The van der Waals surface area contributed by atoms with Crippen molar-refractivity contribution in [2.24, 2.45) is 7.05 Å². The van der Waals surface area contributed by atoms with E-state index in [0.29, 0.717) is 34.0 Å². The van der Waals surface area contributed by atoms with Gasteiger partial charge < -0.3 is 14.5 Å². The van der Waals surface area contributed by atoms with Crippen LogP contribution in [0.5, 0.6) is 0 Å². The molecule has 0 saturated heterocycles. The van der Waals surface area contributed by atoms with E-state index in [4.69, 9.17) is 11.6 Å². The Balaban J connectivity index is 1.95. The van der Waals surface area contributed by atoms with Gasteiger partial charge in [0.15, 0.2) is 0 Å². The lowest BCUT2D eigenvalue weighted by Crippen LogP contribution is -2.33. The number of carbonyl (C=O) groups is 1. The Morgan fingerprint density at radius 1 is 1.36 bits per heavy atom. The second-order valence-corrected chi connectivity index (χ2v) is 6.34. The van der Waals surface area contributed by atoms with E-state index in [-0.39, 0.29) is 18.0 Å². The average molecular weight is 359 g/mol. The van der Waals surface area contributed by atoms with Crippen LogP contribution in [0.1, 0.15) is 29.7 Å². The molecule has 6 nitrogen and oxygen atoms in total. The Labute approximate surface area is 150 Å². The zero-order valence-corrected chi connectivity index (χ0v) is 14.9. The Morgan fingerprint density at radius 2 is 2.16 bits per heavy atom. The number of halogens is 1. The maximum Gasteiger partial charge on any atom is 0.270 e. The summed E-state index contributed by atoms with van der Waals surface area (Å²) in [6.07, 6.45) is 2.63. The number of aryl methyl sites for hydroxylation is 1. The molecule has 0 saturated carbocycles. The summed E-state index contributed by atoms with van der Waals surface area (Å²) in [6.45, 7) is 2.80. The molecule has 0 aliphatic heterocycles. The third kappa shape index (κ3) is 3.58. The summed E-state index contributed by atoms with van der Waals surface area (Å²) in [5.74, 6) is 0.346. The van der Waals surface area contributed by atoms with Crippen molar-refractivity contribution in [1.29, 1.82) is 0 Å². The number of aromatic amines is 1. The van der Waals surface area contributed by atoms with Gasteiger partial charge in [-0.3, -0.25) is 9.59 Å². The number of amides is 1. The molecule has 3 aromatic rings. The quantitative estimate of drug-likeness (QED) is 0.762. The van der Waals surface area contributed by atoms with E-state index in [1.165, 1.54) is 0 Å². The van der Waals surface area contributed by atoms with Crippen molar-refractivity contribution < 1.29 is 4.79 Å². The van der Waals surface area contributed by atoms with Crippen molar-refractivity contribution >= 4 is 28.4 Å². The van der Waals surface area contributed by atoms with Crippen LogP contribution < -0.4 is 5.56 Å². The Morgan fingerprint density at radius 3 is 2.84 bits per heavy atom. The molecule has 0 aliphatic carbocycles. The highest BCUT2D eigenvalue weighted by Gasteiger charge is 2.19. The van der Waals surface area contributed by atoms with E-state index in [0.717, 1.165) is 6.42 Å². The van der Waals surface area contributed by atoms with Crippen LogP contribution in [0, 0.1) is 0 Å². The lowest BCUT2D eigenvalue weighted by Gasteiger charge is -2.22. The van der Waals surface area contributed by atoms with Crippen LogP contribution in [0.15, 0.2) is 41.3 Å². The number of H-pyrrole nitrogens is 1. The summed E-state index contributed by atoms with van der Waals surface area (Å²) in [5, 5.41) is 0.991. The number of nitrogens with one attached hydrogen (secondary N) is 1. The van der Waals surface area contributed by atoms with Gasteiger partial charge in [-0.15, -0.1) is 0 Å². The molecule has 1 amide bonds. The van der Waals surface area contributed by atoms with Gasteiger partial charge in [0.2, 0.25) is 0 Å². The molecule has 0 radical (unpaired) electrons. The van der Waals surface area contributed by atoms with Gasteiger partial charge >= 0.3 is 0 Å². The van der Waals surface area contributed by atoms with Crippen LogP contribution in [-0.2, 0) is 13.6 Å². The first-order valence-corrected chi connectivity index (χ1v) is 8.46. The summed E-state index contributed by atoms with van der Waals surface area (Å²) in [5.41, 5.74) is 0.882. The standard InChI is InChI=1S/C18H19ClN4O2/c1-3-8-23(18(25)15-5-4-9-22(15)2)11-16-20-14-10-12(19)6-7-13(14)17(24)21-16/h4-7,9-10H,3,8,11H2,1-2H3,(H,20,21,24). The van der Waals surface area contributed by atoms with Crippen molar-refractivity contribution in [2.75, 3.05) is 6.54 Å². The molecule has 25 heavy (non-hydrogen) atoms. The fraction of sp³-hybridized carbons (Fsp3) is 0.278. The number of nitrogens with zero attached hydrogens (tertiary/aromatic N) is 3. The summed E-state index contributed by atoms with van der Waals surface area (Å²) in [4.78, 5) is 34.0. The van der Waals surface area contributed by atoms with Crippen molar-refractivity contribution in [3.05, 3.63) is 63.4 Å². The van der Waals surface area contributed by atoms with E-state index >= 15 is 0 Å². The first-order chi connectivity index (χ1) is 12.0. The lowest BCUT2D eigenvalue weighted by atomic mass is 10.2. The molecule has 0 spiro atoms. The second-order valence-electron chi connectivity index (χ2n) is 5.91. The lowest BCUT2D eigenvalue weighted by molar-refractivity contribution is 0.0729. The molecule has 0 fully saturated rings. The molecule has 0 aliphatic rings. The first-order valence-electron chi connectivity index (χ1n) is 8.08. The van der Waals surface area contributed by atoms with Gasteiger partial charge in [0.25, 0.3) is 11.5 Å². The topological polar surface area (TPSA) is 71.0 Å². The van der Waals surface area contributed by atoms with Crippen molar-refractivity contribution in [3.8, 4) is 0 Å². The van der Waals surface area contributed by atoms with Crippen LogP contribution in [0.2, 0.25) is 5.02 Å². The predicted molar refractivity (Wildman–Crippen MR) is 97.8 cm³/mol. The van der Waals surface area contributed by atoms with Gasteiger partial charge in [-0.25, -0.2) is 4.98 Å². The van der Waals surface area contributed by atoms with Crippen LogP contribution in [0.4, 0.5) is 0 Å². The van der Waals surface area contributed by atoms with Crippen molar-refractivity contribution in [1.82, 2.24) is 19.4 Å². The van der Waals surface area contributed by atoms with Crippen LogP contribution in [0.25, 0.3) is 10.9 Å². The highest BCUT2D eigenvalue weighted by atomic mass is 35.5. The van der Waals surface area contributed by atoms with Gasteiger partial charge in [-0.2, -0.15) is 0 Å². The number of benzene rings is 1. The molecule has 1 aromatic carbocycles. The van der Waals surface area contributed by atoms with Gasteiger partial charge in [0.1, 0.15) is 11.5 Å². The number of fused-ring (bicyclic) bond motifs is 1. The summed E-state index contributed by atoms with van der Waals surface area (Å²) in [7, 11) is 1.83. The molecule has 0 atom stereocenters. The predicted octanol–water partition coefficient (Wildman–Crippen LogP) is 2.97. The first kappa shape index (κ1) is 17.2. The molecule has 0 bridgehead atoms. The normalized spacial score (nSPS) is 11.0. The van der Waals surface area contributed by atoms with Crippen molar-refractivity contribution in [3.63, 3.8) is 0 Å². The number of aromatic nitrogens is 3. The summed E-state index contributed by atoms with van der Waals surface area (Å²) in [6, 6.07) is 8.56. The Bertz CT molecular complexity index is 977. The monoisotopic (exact) mass is 358 g/mol. The van der Waals surface area contributed by atoms with Gasteiger partial charge in [-0.05, 0) is 36.8 Å². The maximum absolute atomic E-state index is 12.8. The Hall–Kier alpha value is -2.60. The molecule has 3 rings (SSSR count). The summed E-state index contributed by atoms with van der Waals surface area (Å²) >= 11 is 5.99. The minimum absolute atomic E-state index is 0.0943. The van der Waals surface area contributed by atoms with E-state index in [9.17, 15) is 9.59 Å². The SMILES string of the molecule is CCCN(Cc1nc2cc(Cl)ccc2c(=O)[nH]1)C(=O)c1cccn1C.